The third-order valence-electron chi connectivity index (χ3n) is 4.28. The van der Waals surface area contributed by atoms with E-state index in [9.17, 15) is 9.59 Å². The summed E-state index contributed by atoms with van der Waals surface area (Å²) in [5.74, 6) is -0.0281. The maximum Gasteiger partial charge on any atom is 0.251 e. The summed E-state index contributed by atoms with van der Waals surface area (Å²) in [5.41, 5.74) is 3.70. The van der Waals surface area contributed by atoms with Crippen molar-refractivity contribution in [1.82, 2.24) is 10.3 Å². The maximum atomic E-state index is 12.1. The molecule has 0 fully saturated rings. The van der Waals surface area contributed by atoms with E-state index >= 15 is 0 Å². The number of pyridine rings is 1. The van der Waals surface area contributed by atoms with Gasteiger partial charge in [-0.25, -0.2) is 0 Å². The van der Waals surface area contributed by atoms with Crippen molar-refractivity contribution in [2.45, 2.75) is 26.2 Å². The van der Waals surface area contributed by atoms with Crippen LogP contribution in [0, 0.1) is 6.92 Å². The first-order valence-electron chi connectivity index (χ1n) is 8.55. The summed E-state index contributed by atoms with van der Waals surface area (Å²) < 4.78 is 0. The minimum Gasteiger partial charge on any atom is -0.356 e. The van der Waals surface area contributed by atoms with Gasteiger partial charge in [0.05, 0.1) is 0 Å². The van der Waals surface area contributed by atoms with Crippen molar-refractivity contribution in [2.24, 2.45) is 0 Å². The van der Waals surface area contributed by atoms with Crippen molar-refractivity contribution in [1.29, 1.82) is 0 Å². The molecule has 0 radical (unpaired) electrons. The zero-order chi connectivity index (χ0) is 17.6. The first-order valence-corrected chi connectivity index (χ1v) is 8.55. The number of fused-ring (bicyclic) bond motifs is 1. The van der Waals surface area contributed by atoms with E-state index < -0.39 is 0 Å². The molecular formula is C21H22N2O2. The van der Waals surface area contributed by atoms with Crippen LogP contribution in [0.1, 0.15) is 23.1 Å². The highest BCUT2D eigenvalue weighted by Gasteiger charge is 2.07. The molecule has 0 bridgehead atoms. The van der Waals surface area contributed by atoms with E-state index in [0.29, 0.717) is 24.9 Å². The summed E-state index contributed by atoms with van der Waals surface area (Å²) in [7, 11) is 0. The van der Waals surface area contributed by atoms with Crippen molar-refractivity contribution in [3.63, 3.8) is 0 Å². The van der Waals surface area contributed by atoms with Gasteiger partial charge in [-0.15, -0.1) is 0 Å². The van der Waals surface area contributed by atoms with Crippen LogP contribution in [0.3, 0.4) is 0 Å². The van der Waals surface area contributed by atoms with Crippen molar-refractivity contribution in [3.05, 3.63) is 81.6 Å². The van der Waals surface area contributed by atoms with Gasteiger partial charge in [0.15, 0.2) is 0 Å². The molecule has 4 heteroatoms. The minimum atomic E-state index is -0.117. The van der Waals surface area contributed by atoms with Crippen molar-refractivity contribution >= 4 is 16.8 Å². The van der Waals surface area contributed by atoms with Gasteiger partial charge in [-0.3, -0.25) is 9.59 Å². The van der Waals surface area contributed by atoms with Gasteiger partial charge >= 0.3 is 0 Å². The summed E-state index contributed by atoms with van der Waals surface area (Å²) in [6.07, 6.45) is 1.56. The van der Waals surface area contributed by atoms with Gasteiger partial charge in [0, 0.05) is 24.0 Å². The Hall–Kier alpha value is -2.88. The number of aromatic amines is 1. The number of rotatable bonds is 6. The lowest BCUT2D eigenvalue weighted by atomic mass is 10.1. The van der Waals surface area contributed by atoms with Crippen LogP contribution in [-0.4, -0.2) is 17.4 Å². The lowest BCUT2D eigenvalue weighted by Gasteiger charge is -2.06. The summed E-state index contributed by atoms with van der Waals surface area (Å²) in [6.45, 7) is 2.63. The highest BCUT2D eigenvalue weighted by atomic mass is 16.1. The number of H-pyrrole nitrogens is 1. The Morgan fingerprint density at radius 1 is 1.04 bits per heavy atom. The SMILES string of the molecule is Cc1ccc2[nH]c(=O)c(CCC(=O)NCCc3ccccc3)cc2c1. The van der Waals surface area contributed by atoms with Crippen LogP contribution in [0.15, 0.2) is 59.4 Å². The van der Waals surface area contributed by atoms with Crippen LogP contribution in [0.2, 0.25) is 0 Å². The van der Waals surface area contributed by atoms with E-state index in [4.69, 9.17) is 0 Å². The zero-order valence-corrected chi connectivity index (χ0v) is 14.3. The Morgan fingerprint density at radius 3 is 2.64 bits per heavy atom. The number of carbonyl (C=O) groups is 1. The second-order valence-electron chi connectivity index (χ2n) is 6.30. The van der Waals surface area contributed by atoms with Gasteiger partial charge in [-0.2, -0.15) is 0 Å². The smallest absolute Gasteiger partial charge is 0.251 e. The average molecular weight is 334 g/mol. The number of nitrogens with one attached hydrogen (secondary N) is 2. The molecule has 128 valence electrons. The highest BCUT2D eigenvalue weighted by molar-refractivity contribution is 5.80. The van der Waals surface area contributed by atoms with E-state index in [1.165, 1.54) is 5.56 Å². The van der Waals surface area contributed by atoms with E-state index in [1.54, 1.807) is 0 Å². The molecule has 1 heterocycles. The standard InChI is InChI=1S/C21H22N2O2/c1-15-7-9-19-18(13-15)14-17(21(25)23-19)8-10-20(24)22-12-11-16-5-3-2-4-6-16/h2-7,9,13-14H,8,10-12H2,1H3,(H,22,24)(H,23,25). The third-order valence-corrected chi connectivity index (χ3v) is 4.28. The Bertz CT molecular complexity index is 930. The second-order valence-corrected chi connectivity index (χ2v) is 6.30. The van der Waals surface area contributed by atoms with Crippen LogP contribution in [-0.2, 0) is 17.6 Å². The molecule has 3 aromatic rings. The second kappa shape index (κ2) is 7.79. The maximum absolute atomic E-state index is 12.1. The number of hydrogen-bond acceptors (Lipinski definition) is 2. The fourth-order valence-electron chi connectivity index (χ4n) is 2.88. The lowest BCUT2D eigenvalue weighted by molar-refractivity contribution is -0.121. The van der Waals surface area contributed by atoms with Gasteiger partial charge in [-0.05, 0) is 48.9 Å². The number of aromatic nitrogens is 1. The molecule has 25 heavy (non-hydrogen) atoms. The van der Waals surface area contributed by atoms with Crippen LogP contribution in [0.4, 0.5) is 0 Å². The lowest BCUT2D eigenvalue weighted by Crippen LogP contribution is -2.26. The molecule has 4 nitrogen and oxygen atoms in total. The van der Waals surface area contributed by atoms with Gasteiger partial charge in [0.25, 0.3) is 5.56 Å². The molecule has 2 aromatic carbocycles. The minimum absolute atomic E-state index is 0.0281. The Kier molecular flexibility index (Phi) is 5.29. The van der Waals surface area contributed by atoms with E-state index in [0.717, 1.165) is 22.9 Å². The molecule has 0 atom stereocenters. The number of benzene rings is 2. The molecule has 0 aliphatic rings. The summed E-state index contributed by atoms with van der Waals surface area (Å²) in [4.78, 5) is 27.0. The fraction of sp³-hybridized carbons (Fsp3) is 0.238. The molecule has 0 aliphatic carbocycles. The molecule has 0 saturated carbocycles. The van der Waals surface area contributed by atoms with Crippen molar-refractivity contribution < 1.29 is 4.79 Å². The Labute approximate surface area is 146 Å². The highest BCUT2D eigenvalue weighted by Crippen LogP contribution is 2.13. The predicted molar refractivity (Wildman–Crippen MR) is 101 cm³/mol. The van der Waals surface area contributed by atoms with Gasteiger partial charge in [-0.1, -0.05) is 42.0 Å². The Morgan fingerprint density at radius 2 is 1.84 bits per heavy atom. The monoisotopic (exact) mass is 334 g/mol. The van der Waals surface area contributed by atoms with E-state index in [1.807, 2.05) is 61.5 Å². The molecule has 1 amide bonds. The van der Waals surface area contributed by atoms with Crippen LogP contribution in [0.25, 0.3) is 10.9 Å². The largest absolute Gasteiger partial charge is 0.356 e. The predicted octanol–water partition coefficient (Wildman–Crippen LogP) is 3.13. The van der Waals surface area contributed by atoms with Crippen molar-refractivity contribution in [3.8, 4) is 0 Å². The van der Waals surface area contributed by atoms with Crippen LogP contribution >= 0.6 is 0 Å². The molecule has 0 unspecified atom stereocenters. The van der Waals surface area contributed by atoms with Crippen LogP contribution < -0.4 is 10.9 Å². The molecular weight excluding hydrogens is 312 g/mol. The first-order chi connectivity index (χ1) is 12.1. The number of aryl methyl sites for hydroxylation is 2. The van der Waals surface area contributed by atoms with Crippen LogP contribution in [0.5, 0.6) is 0 Å². The summed E-state index contributed by atoms with van der Waals surface area (Å²) in [5, 5.41) is 3.92. The number of amides is 1. The fourth-order valence-corrected chi connectivity index (χ4v) is 2.88. The normalized spacial score (nSPS) is 10.8. The van der Waals surface area contributed by atoms with Gasteiger partial charge < -0.3 is 10.3 Å². The molecule has 0 aliphatic heterocycles. The third kappa shape index (κ3) is 4.57. The number of hydrogen-bond donors (Lipinski definition) is 2. The summed E-state index contributed by atoms with van der Waals surface area (Å²) >= 11 is 0. The zero-order valence-electron chi connectivity index (χ0n) is 14.3. The number of carbonyl (C=O) groups excluding carboxylic acids is 1. The summed E-state index contributed by atoms with van der Waals surface area (Å²) in [6, 6.07) is 17.9. The van der Waals surface area contributed by atoms with Gasteiger partial charge in [0.1, 0.15) is 0 Å². The molecule has 0 spiro atoms. The average Bonchev–Trinajstić information content (AvgIpc) is 2.61. The quantitative estimate of drug-likeness (QED) is 0.727. The van der Waals surface area contributed by atoms with Crippen molar-refractivity contribution in [2.75, 3.05) is 6.54 Å². The molecule has 3 rings (SSSR count). The molecule has 0 saturated heterocycles. The van der Waals surface area contributed by atoms with Gasteiger partial charge in [0.2, 0.25) is 5.91 Å². The van der Waals surface area contributed by atoms with E-state index in [2.05, 4.69) is 10.3 Å². The first kappa shape index (κ1) is 17.0. The Balaban J connectivity index is 1.55. The topological polar surface area (TPSA) is 62.0 Å². The van der Waals surface area contributed by atoms with E-state index in [-0.39, 0.29) is 11.5 Å². The molecule has 1 aromatic heterocycles. The molecule has 2 N–H and O–H groups in total.